The van der Waals surface area contributed by atoms with Crippen LogP contribution in [0.4, 0.5) is 0 Å². The van der Waals surface area contributed by atoms with E-state index >= 15 is 0 Å². The summed E-state index contributed by atoms with van der Waals surface area (Å²) in [6, 6.07) is 9.16. The number of aliphatic carboxylic acids is 1. The van der Waals surface area contributed by atoms with Gasteiger partial charge in [-0.1, -0.05) is 30.3 Å². The topological polar surface area (TPSA) is 69.6 Å². The zero-order valence-electron chi connectivity index (χ0n) is 10.6. The van der Waals surface area contributed by atoms with Gasteiger partial charge in [-0.2, -0.15) is 0 Å². The van der Waals surface area contributed by atoms with Crippen LogP contribution in [0.2, 0.25) is 0 Å². The normalized spacial score (nSPS) is 18.2. The fraction of sp³-hybridized carbons (Fsp3) is 0.308. The Balaban J connectivity index is 1.93. The molecule has 0 saturated carbocycles. The zero-order chi connectivity index (χ0) is 14.5. The fourth-order valence-corrected chi connectivity index (χ4v) is 2.92. The van der Waals surface area contributed by atoms with Crippen molar-refractivity contribution < 1.29 is 14.7 Å². The summed E-state index contributed by atoms with van der Waals surface area (Å²) < 4.78 is 0. The first-order valence-electron chi connectivity index (χ1n) is 6.03. The third-order valence-corrected chi connectivity index (χ3v) is 4.16. The van der Waals surface area contributed by atoms with E-state index in [0.717, 1.165) is 5.56 Å². The summed E-state index contributed by atoms with van der Waals surface area (Å²) in [5.41, 5.74) is 1.00. The minimum absolute atomic E-state index is 0.0170. The zero-order valence-corrected chi connectivity index (χ0v) is 12.2. The summed E-state index contributed by atoms with van der Waals surface area (Å²) in [5.74, 6) is -0.603. The second-order valence-corrected chi connectivity index (χ2v) is 5.74. The lowest BCUT2D eigenvalue weighted by Gasteiger charge is -2.14. The number of hydrogen-bond acceptors (Lipinski definition) is 4. The Morgan fingerprint density at radius 2 is 2.10 bits per heavy atom. The molecule has 0 aromatic heterocycles. The highest BCUT2D eigenvalue weighted by molar-refractivity contribution is 8.00. The van der Waals surface area contributed by atoms with Gasteiger partial charge in [0.15, 0.2) is 5.11 Å². The summed E-state index contributed by atoms with van der Waals surface area (Å²) >= 11 is 6.37. The highest BCUT2D eigenvalue weighted by Crippen LogP contribution is 2.15. The van der Waals surface area contributed by atoms with Gasteiger partial charge in [0.25, 0.3) is 5.91 Å². The first kappa shape index (κ1) is 14.8. The van der Waals surface area contributed by atoms with Gasteiger partial charge in [-0.3, -0.25) is 14.5 Å². The summed E-state index contributed by atoms with van der Waals surface area (Å²) in [4.78, 5) is 24.2. The molecule has 1 aromatic carbocycles. The van der Waals surface area contributed by atoms with Crippen molar-refractivity contribution in [3.05, 3.63) is 35.9 Å². The van der Waals surface area contributed by atoms with Crippen molar-refractivity contribution in [3.8, 4) is 0 Å². The van der Waals surface area contributed by atoms with E-state index in [4.69, 9.17) is 17.3 Å². The number of rotatable bonds is 6. The molecule has 106 valence electrons. The molecule has 7 heteroatoms. The Bertz CT molecular complexity index is 522. The van der Waals surface area contributed by atoms with Gasteiger partial charge in [0.05, 0.1) is 12.3 Å². The molecular formula is C13H14N2O3S2. The van der Waals surface area contributed by atoms with E-state index in [-0.39, 0.29) is 11.7 Å². The molecule has 5 nitrogen and oxygen atoms in total. The predicted molar refractivity (Wildman–Crippen MR) is 81.5 cm³/mol. The maximum Gasteiger partial charge on any atom is 0.313 e. The van der Waals surface area contributed by atoms with Gasteiger partial charge in [-0.05, 0) is 17.8 Å². The van der Waals surface area contributed by atoms with E-state index < -0.39 is 12.0 Å². The minimum Gasteiger partial charge on any atom is -0.481 e. The Kier molecular flexibility index (Phi) is 4.97. The highest BCUT2D eigenvalue weighted by atomic mass is 32.2. The standard InChI is InChI=1S/C13H14N2O3S2/c16-11(17)8-20-7-10-12(18)15(13(19)14-10)6-9-4-2-1-3-5-9/h1-5,10H,6-8H2,(H,14,19)(H,16,17). The molecule has 1 saturated heterocycles. The number of hydrogen-bond donors (Lipinski definition) is 2. The van der Waals surface area contributed by atoms with Gasteiger partial charge < -0.3 is 10.4 Å². The Morgan fingerprint density at radius 1 is 1.40 bits per heavy atom. The van der Waals surface area contributed by atoms with Crippen molar-refractivity contribution in [2.24, 2.45) is 0 Å². The number of carbonyl (C=O) groups excluding carboxylic acids is 1. The third-order valence-electron chi connectivity index (χ3n) is 2.80. The smallest absolute Gasteiger partial charge is 0.313 e. The maximum atomic E-state index is 12.2. The maximum absolute atomic E-state index is 12.2. The van der Waals surface area contributed by atoms with Crippen molar-refractivity contribution in [3.63, 3.8) is 0 Å². The number of carboxylic acids is 1. The lowest BCUT2D eigenvalue weighted by atomic mass is 10.2. The van der Waals surface area contributed by atoms with Crippen molar-refractivity contribution in [2.75, 3.05) is 11.5 Å². The largest absolute Gasteiger partial charge is 0.481 e. The quantitative estimate of drug-likeness (QED) is 0.767. The monoisotopic (exact) mass is 310 g/mol. The van der Waals surface area contributed by atoms with Crippen molar-refractivity contribution in [2.45, 2.75) is 12.6 Å². The molecule has 1 aromatic rings. The molecule has 0 bridgehead atoms. The number of thioether (sulfide) groups is 1. The minimum atomic E-state index is -0.885. The molecule has 1 amide bonds. The van der Waals surface area contributed by atoms with Crippen LogP contribution in [-0.4, -0.2) is 44.5 Å². The Labute approximate surface area is 126 Å². The number of carboxylic acid groups (broad SMARTS) is 1. The van der Waals surface area contributed by atoms with Crippen LogP contribution >= 0.6 is 24.0 Å². The highest BCUT2D eigenvalue weighted by Gasteiger charge is 2.35. The van der Waals surface area contributed by atoms with Gasteiger partial charge in [0.2, 0.25) is 0 Å². The van der Waals surface area contributed by atoms with E-state index in [1.165, 1.54) is 16.7 Å². The van der Waals surface area contributed by atoms with E-state index in [1.807, 2.05) is 30.3 Å². The van der Waals surface area contributed by atoms with Gasteiger partial charge in [-0.25, -0.2) is 0 Å². The van der Waals surface area contributed by atoms with E-state index in [2.05, 4.69) is 5.32 Å². The molecule has 2 N–H and O–H groups in total. The number of nitrogens with zero attached hydrogens (tertiary/aromatic N) is 1. The number of thiocarbonyl (C=S) groups is 1. The summed E-state index contributed by atoms with van der Waals surface area (Å²) in [6.45, 7) is 0.436. The second kappa shape index (κ2) is 6.71. The molecular weight excluding hydrogens is 296 g/mol. The molecule has 1 atom stereocenters. The average Bonchev–Trinajstić information content (AvgIpc) is 2.67. The number of amides is 1. The molecule has 1 aliphatic heterocycles. The van der Waals surface area contributed by atoms with Crippen LogP contribution in [-0.2, 0) is 16.1 Å². The van der Waals surface area contributed by atoms with Crippen LogP contribution in [0.25, 0.3) is 0 Å². The molecule has 1 heterocycles. The van der Waals surface area contributed by atoms with Crippen LogP contribution in [0.15, 0.2) is 30.3 Å². The van der Waals surface area contributed by atoms with Crippen LogP contribution in [0.1, 0.15) is 5.56 Å². The summed E-state index contributed by atoms with van der Waals surface area (Å²) in [7, 11) is 0. The van der Waals surface area contributed by atoms with E-state index in [1.54, 1.807) is 0 Å². The molecule has 0 spiro atoms. The first-order chi connectivity index (χ1) is 9.58. The summed E-state index contributed by atoms with van der Waals surface area (Å²) in [6.07, 6.45) is 0. The molecule has 20 heavy (non-hydrogen) atoms. The average molecular weight is 310 g/mol. The van der Waals surface area contributed by atoms with Gasteiger partial charge in [0.1, 0.15) is 6.04 Å². The molecule has 1 fully saturated rings. The molecule has 0 radical (unpaired) electrons. The lowest BCUT2D eigenvalue weighted by molar-refractivity contribution is -0.134. The molecule has 0 aliphatic carbocycles. The molecule has 2 rings (SSSR count). The first-order valence-corrected chi connectivity index (χ1v) is 7.59. The van der Waals surface area contributed by atoms with Crippen LogP contribution in [0, 0.1) is 0 Å². The van der Waals surface area contributed by atoms with Crippen molar-refractivity contribution >= 4 is 41.0 Å². The summed E-state index contributed by atoms with van der Waals surface area (Å²) in [5, 5.41) is 11.9. The SMILES string of the molecule is O=C(O)CSCC1NC(=S)N(Cc2ccccc2)C1=O. The van der Waals surface area contributed by atoms with E-state index in [0.29, 0.717) is 17.4 Å². The second-order valence-electron chi connectivity index (χ2n) is 4.32. The third kappa shape index (κ3) is 3.71. The van der Waals surface area contributed by atoms with Crippen LogP contribution < -0.4 is 5.32 Å². The van der Waals surface area contributed by atoms with Crippen molar-refractivity contribution in [1.29, 1.82) is 0 Å². The van der Waals surface area contributed by atoms with Gasteiger partial charge >= 0.3 is 5.97 Å². The Morgan fingerprint density at radius 3 is 2.75 bits per heavy atom. The molecule has 1 aliphatic rings. The van der Waals surface area contributed by atoms with Gasteiger partial charge in [0, 0.05) is 5.75 Å². The number of benzene rings is 1. The van der Waals surface area contributed by atoms with Gasteiger partial charge in [-0.15, -0.1) is 11.8 Å². The fourth-order valence-electron chi connectivity index (χ4n) is 1.87. The molecule has 1 unspecified atom stereocenters. The number of carbonyl (C=O) groups is 2. The predicted octanol–water partition coefficient (Wildman–Crippen LogP) is 1.09. The van der Waals surface area contributed by atoms with Crippen LogP contribution in [0.5, 0.6) is 0 Å². The van der Waals surface area contributed by atoms with E-state index in [9.17, 15) is 9.59 Å². The number of nitrogens with one attached hydrogen (secondary N) is 1. The Hall–Kier alpha value is -1.60. The lowest BCUT2D eigenvalue weighted by Crippen LogP contribution is -2.32. The van der Waals surface area contributed by atoms with Crippen LogP contribution in [0.3, 0.4) is 0 Å². The van der Waals surface area contributed by atoms with Crippen molar-refractivity contribution in [1.82, 2.24) is 10.2 Å².